The zero-order chi connectivity index (χ0) is 15.4. The van der Waals surface area contributed by atoms with E-state index in [1.54, 1.807) is 13.8 Å². The van der Waals surface area contributed by atoms with Crippen molar-refractivity contribution in [3.8, 4) is 0 Å². The van der Waals surface area contributed by atoms with Crippen LogP contribution in [0.1, 0.15) is 30.6 Å². The Labute approximate surface area is 113 Å². The highest BCUT2D eigenvalue weighted by Gasteiger charge is 2.26. The average molecular weight is 293 g/mol. The van der Waals surface area contributed by atoms with Gasteiger partial charge in [-0.1, -0.05) is 13.8 Å². The maximum atomic E-state index is 13.4. The van der Waals surface area contributed by atoms with Crippen molar-refractivity contribution in [1.29, 1.82) is 0 Å². The molecular weight excluding hydrogens is 278 g/mol. The van der Waals surface area contributed by atoms with Crippen molar-refractivity contribution in [2.24, 2.45) is 5.92 Å². The van der Waals surface area contributed by atoms with E-state index in [0.29, 0.717) is 0 Å². The molecule has 1 aromatic carbocycles. The Balaban J connectivity index is 3.09. The minimum atomic E-state index is -1.74. The van der Waals surface area contributed by atoms with Crippen LogP contribution < -0.4 is 5.32 Å². The molecule has 0 aliphatic rings. The molecule has 1 aromatic rings. The molecule has 0 bridgehead atoms. The normalized spacial score (nSPS) is 12.6. The van der Waals surface area contributed by atoms with Crippen LogP contribution in [0.3, 0.4) is 0 Å². The van der Waals surface area contributed by atoms with Crippen molar-refractivity contribution in [2.45, 2.75) is 26.3 Å². The third-order valence-corrected chi connectivity index (χ3v) is 2.90. The molecule has 0 aliphatic heterocycles. The molecule has 0 spiro atoms. The van der Waals surface area contributed by atoms with Crippen LogP contribution in [-0.4, -0.2) is 23.7 Å². The lowest BCUT2D eigenvalue weighted by Crippen LogP contribution is -2.40. The van der Waals surface area contributed by atoms with Gasteiger partial charge in [-0.25, -0.2) is 17.6 Å². The fourth-order valence-corrected chi connectivity index (χ4v) is 1.72. The Bertz CT molecular complexity index is 479. The molecule has 1 rings (SSSR count). The van der Waals surface area contributed by atoms with Gasteiger partial charge in [-0.15, -0.1) is 0 Å². The number of halogens is 4. The van der Waals surface area contributed by atoms with Crippen molar-refractivity contribution in [3.05, 3.63) is 34.9 Å². The second-order valence-corrected chi connectivity index (χ2v) is 4.68. The number of carbonyl (C=O) groups is 1. The van der Waals surface area contributed by atoms with Crippen LogP contribution in [0.15, 0.2) is 6.07 Å². The van der Waals surface area contributed by atoms with Gasteiger partial charge in [-0.05, 0) is 12.3 Å². The van der Waals surface area contributed by atoms with Gasteiger partial charge < -0.3 is 10.4 Å². The van der Waals surface area contributed by atoms with Crippen molar-refractivity contribution in [3.63, 3.8) is 0 Å². The summed E-state index contributed by atoms with van der Waals surface area (Å²) in [5.41, 5.74) is -1.30. The molecule has 1 atom stereocenters. The lowest BCUT2D eigenvalue weighted by Gasteiger charge is -2.21. The summed E-state index contributed by atoms with van der Waals surface area (Å²) >= 11 is 0. The number of aliphatic hydroxyl groups is 1. The monoisotopic (exact) mass is 293 g/mol. The molecule has 1 amide bonds. The average Bonchev–Trinajstić information content (AvgIpc) is 2.36. The highest BCUT2D eigenvalue weighted by molar-refractivity contribution is 5.95. The molecule has 0 heterocycles. The van der Waals surface area contributed by atoms with Gasteiger partial charge in [0.15, 0.2) is 23.3 Å². The van der Waals surface area contributed by atoms with Crippen molar-refractivity contribution >= 4 is 5.91 Å². The highest BCUT2D eigenvalue weighted by atomic mass is 19.2. The lowest BCUT2D eigenvalue weighted by atomic mass is 10.0. The van der Waals surface area contributed by atoms with E-state index in [9.17, 15) is 22.4 Å². The molecular formula is C13H15F4NO2. The molecule has 0 aliphatic carbocycles. The topological polar surface area (TPSA) is 49.3 Å². The number of rotatable bonds is 5. The summed E-state index contributed by atoms with van der Waals surface area (Å²) in [5.74, 6) is -8.16. The summed E-state index contributed by atoms with van der Waals surface area (Å²) < 4.78 is 52.9. The molecule has 0 saturated heterocycles. The second kappa shape index (κ2) is 6.69. The van der Waals surface area contributed by atoms with Crippen LogP contribution in [0.25, 0.3) is 0 Å². The number of nitrogens with one attached hydrogen (secondary N) is 1. The molecule has 0 aromatic heterocycles. The summed E-state index contributed by atoms with van der Waals surface area (Å²) in [4.78, 5) is 11.8. The Morgan fingerprint density at radius 1 is 1.20 bits per heavy atom. The smallest absolute Gasteiger partial charge is 0.257 e. The third-order valence-electron chi connectivity index (χ3n) is 2.90. The van der Waals surface area contributed by atoms with E-state index in [0.717, 1.165) is 0 Å². The molecule has 112 valence electrons. The van der Waals surface area contributed by atoms with Crippen molar-refractivity contribution in [2.75, 3.05) is 6.61 Å². The van der Waals surface area contributed by atoms with Crippen LogP contribution in [0, 0.1) is 29.2 Å². The maximum Gasteiger partial charge on any atom is 0.257 e. The van der Waals surface area contributed by atoms with Crippen LogP contribution in [0.4, 0.5) is 17.6 Å². The van der Waals surface area contributed by atoms with E-state index in [2.05, 4.69) is 5.32 Å². The summed E-state index contributed by atoms with van der Waals surface area (Å²) in [7, 11) is 0. The molecule has 3 nitrogen and oxygen atoms in total. The summed E-state index contributed by atoms with van der Waals surface area (Å²) in [6, 6.07) is -0.535. The summed E-state index contributed by atoms with van der Waals surface area (Å²) in [6.45, 7) is 3.20. The zero-order valence-electron chi connectivity index (χ0n) is 11.0. The maximum absolute atomic E-state index is 13.4. The van der Waals surface area contributed by atoms with Gasteiger partial charge in [0.1, 0.15) is 5.56 Å². The molecule has 0 radical (unpaired) electrons. The van der Waals surface area contributed by atoms with E-state index in [1.807, 2.05) is 0 Å². The predicted molar refractivity (Wildman–Crippen MR) is 64.1 cm³/mol. The first kappa shape index (κ1) is 16.4. The van der Waals surface area contributed by atoms with Gasteiger partial charge in [0.2, 0.25) is 0 Å². The first-order valence-corrected chi connectivity index (χ1v) is 6.04. The van der Waals surface area contributed by atoms with E-state index in [-0.39, 0.29) is 25.0 Å². The van der Waals surface area contributed by atoms with Gasteiger partial charge >= 0.3 is 0 Å². The quantitative estimate of drug-likeness (QED) is 0.647. The summed E-state index contributed by atoms with van der Waals surface area (Å²) in [6.07, 6.45) is 0.157. The first-order chi connectivity index (χ1) is 9.29. The van der Waals surface area contributed by atoms with E-state index < -0.39 is 40.8 Å². The number of benzene rings is 1. The van der Waals surface area contributed by atoms with Gasteiger partial charge in [-0.2, -0.15) is 0 Å². The minimum Gasteiger partial charge on any atom is -0.396 e. The zero-order valence-corrected chi connectivity index (χ0v) is 11.0. The van der Waals surface area contributed by atoms with Gasteiger partial charge in [0, 0.05) is 18.7 Å². The predicted octanol–water partition coefficient (Wildman–Crippen LogP) is 2.38. The summed E-state index contributed by atoms with van der Waals surface area (Å²) in [5, 5.41) is 11.1. The Hall–Kier alpha value is -1.63. The van der Waals surface area contributed by atoms with E-state index >= 15 is 0 Å². The largest absolute Gasteiger partial charge is 0.396 e. The van der Waals surface area contributed by atoms with E-state index in [4.69, 9.17) is 5.11 Å². The SMILES string of the molecule is CC(C)C(CCO)NC(=O)c1c(F)c(F)cc(F)c1F. The van der Waals surface area contributed by atoms with Crippen molar-refractivity contribution in [1.82, 2.24) is 5.32 Å². The van der Waals surface area contributed by atoms with Gasteiger partial charge in [0.25, 0.3) is 5.91 Å². The number of hydrogen-bond donors (Lipinski definition) is 2. The standard InChI is InChI=1S/C13H15F4NO2/c1-6(2)9(3-4-19)18-13(20)10-11(16)7(14)5-8(15)12(10)17/h5-6,9,19H,3-4H2,1-2H3,(H,18,20). The van der Waals surface area contributed by atoms with Gasteiger partial charge in [0.05, 0.1) is 0 Å². The Morgan fingerprint density at radius 2 is 1.70 bits per heavy atom. The second-order valence-electron chi connectivity index (χ2n) is 4.68. The number of amides is 1. The molecule has 7 heteroatoms. The molecule has 2 N–H and O–H groups in total. The Kier molecular flexibility index (Phi) is 5.50. The van der Waals surface area contributed by atoms with E-state index in [1.165, 1.54) is 0 Å². The minimum absolute atomic E-state index is 0.0368. The number of carbonyl (C=O) groups excluding carboxylic acids is 1. The first-order valence-electron chi connectivity index (χ1n) is 6.04. The molecule has 0 saturated carbocycles. The molecule has 1 unspecified atom stereocenters. The van der Waals surface area contributed by atoms with Crippen LogP contribution in [0.5, 0.6) is 0 Å². The number of aliphatic hydroxyl groups excluding tert-OH is 1. The fourth-order valence-electron chi connectivity index (χ4n) is 1.72. The van der Waals surface area contributed by atoms with Crippen LogP contribution >= 0.6 is 0 Å². The van der Waals surface area contributed by atoms with Gasteiger partial charge in [-0.3, -0.25) is 4.79 Å². The third kappa shape index (κ3) is 3.47. The number of hydrogen-bond acceptors (Lipinski definition) is 2. The molecule has 20 heavy (non-hydrogen) atoms. The van der Waals surface area contributed by atoms with Crippen LogP contribution in [0.2, 0.25) is 0 Å². The Morgan fingerprint density at radius 3 is 2.10 bits per heavy atom. The lowest BCUT2D eigenvalue weighted by molar-refractivity contribution is 0.0905. The van der Waals surface area contributed by atoms with Crippen molar-refractivity contribution < 1.29 is 27.5 Å². The highest BCUT2D eigenvalue weighted by Crippen LogP contribution is 2.20. The molecule has 0 fully saturated rings. The fraction of sp³-hybridized carbons (Fsp3) is 0.462. The van der Waals surface area contributed by atoms with Crippen LogP contribution in [-0.2, 0) is 0 Å².